The number of rotatable bonds is 2. The second-order valence-corrected chi connectivity index (χ2v) is 5.25. The summed E-state index contributed by atoms with van der Waals surface area (Å²) in [7, 11) is 0. The zero-order valence-electron chi connectivity index (χ0n) is 11.5. The van der Waals surface area contributed by atoms with Gasteiger partial charge in [0.05, 0.1) is 0 Å². The monoisotopic (exact) mass is 266 g/mol. The Morgan fingerprint density at radius 2 is 2.00 bits per heavy atom. The van der Waals surface area contributed by atoms with Crippen LogP contribution in [0.1, 0.15) is 17.5 Å². The van der Waals surface area contributed by atoms with Gasteiger partial charge in [-0.25, -0.2) is 0 Å². The summed E-state index contributed by atoms with van der Waals surface area (Å²) in [5, 5.41) is 6.34. The maximum absolute atomic E-state index is 12.3. The first-order chi connectivity index (χ1) is 9.72. The highest BCUT2D eigenvalue weighted by Crippen LogP contribution is 2.23. The lowest BCUT2D eigenvalue weighted by molar-refractivity contribution is -0.116. The topological polar surface area (TPSA) is 41.1 Å². The van der Waals surface area contributed by atoms with Crippen molar-refractivity contribution in [3.8, 4) is 0 Å². The predicted octanol–water partition coefficient (Wildman–Crippen LogP) is 3.36. The van der Waals surface area contributed by atoms with Crippen LogP contribution >= 0.6 is 0 Å². The first-order valence-corrected chi connectivity index (χ1v) is 6.94. The Bertz CT molecular complexity index is 636. The summed E-state index contributed by atoms with van der Waals surface area (Å²) < 4.78 is 0. The van der Waals surface area contributed by atoms with E-state index in [0.29, 0.717) is 0 Å². The maximum atomic E-state index is 12.3. The van der Waals surface area contributed by atoms with E-state index in [-0.39, 0.29) is 11.9 Å². The van der Waals surface area contributed by atoms with Crippen molar-refractivity contribution in [1.29, 1.82) is 0 Å². The Kier molecular flexibility index (Phi) is 3.42. The lowest BCUT2D eigenvalue weighted by Gasteiger charge is -2.16. The predicted molar refractivity (Wildman–Crippen MR) is 82.0 cm³/mol. The second kappa shape index (κ2) is 5.37. The van der Waals surface area contributed by atoms with Crippen LogP contribution in [0.5, 0.6) is 0 Å². The fourth-order valence-electron chi connectivity index (χ4n) is 2.58. The highest BCUT2D eigenvalue weighted by molar-refractivity contribution is 5.97. The zero-order valence-corrected chi connectivity index (χ0v) is 11.5. The average Bonchev–Trinajstić information content (AvgIpc) is 2.59. The molecule has 3 rings (SSSR count). The molecule has 0 aliphatic carbocycles. The Balaban J connectivity index is 1.78. The second-order valence-electron chi connectivity index (χ2n) is 5.25. The normalized spacial score (nSPS) is 17.9. The molecular weight excluding hydrogens is 248 g/mol. The standard InChI is InChI=1S/C17H18N2O/c1-12-5-4-7-14(11-12)18-16-10-9-13-6-2-3-8-15(13)19-17(16)20/h2-8,11,16,18H,9-10H2,1H3,(H,19,20). The molecule has 20 heavy (non-hydrogen) atoms. The summed E-state index contributed by atoms with van der Waals surface area (Å²) in [5.41, 5.74) is 4.32. The van der Waals surface area contributed by atoms with E-state index in [1.165, 1.54) is 11.1 Å². The van der Waals surface area contributed by atoms with Gasteiger partial charge in [0.25, 0.3) is 0 Å². The lowest BCUT2D eigenvalue weighted by Crippen LogP contribution is -2.33. The van der Waals surface area contributed by atoms with Crippen LogP contribution in [0.4, 0.5) is 11.4 Å². The number of hydrogen-bond donors (Lipinski definition) is 2. The van der Waals surface area contributed by atoms with Crippen molar-refractivity contribution in [1.82, 2.24) is 0 Å². The Labute approximate surface area is 119 Å². The van der Waals surface area contributed by atoms with Gasteiger partial charge in [0, 0.05) is 11.4 Å². The van der Waals surface area contributed by atoms with Crippen molar-refractivity contribution >= 4 is 17.3 Å². The Morgan fingerprint density at radius 3 is 2.85 bits per heavy atom. The molecular formula is C17H18N2O. The van der Waals surface area contributed by atoms with Gasteiger partial charge in [0.1, 0.15) is 6.04 Å². The van der Waals surface area contributed by atoms with Gasteiger partial charge < -0.3 is 10.6 Å². The van der Waals surface area contributed by atoms with E-state index in [0.717, 1.165) is 24.2 Å². The lowest BCUT2D eigenvalue weighted by atomic mass is 10.1. The first kappa shape index (κ1) is 12.7. The molecule has 0 bridgehead atoms. The van der Waals surface area contributed by atoms with Crippen LogP contribution in [0.3, 0.4) is 0 Å². The fourth-order valence-corrected chi connectivity index (χ4v) is 2.58. The van der Waals surface area contributed by atoms with E-state index in [9.17, 15) is 4.79 Å². The van der Waals surface area contributed by atoms with Gasteiger partial charge in [0.2, 0.25) is 5.91 Å². The smallest absolute Gasteiger partial charge is 0.246 e. The largest absolute Gasteiger partial charge is 0.374 e. The fraction of sp³-hybridized carbons (Fsp3) is 0.235. The van der Waals surface area contributed by atoms with Crippen LogP contribution in [-0.4, -0.2) is 11.9 Å². The van der Waals surface area contributed by atoms with E-state index < -0.39 is 0 Å². The number of carbonyl (C=O) groups excluding carboxylic acids is 1. The van der Waals surface area contributed by atoms with E-state index >= 15 is 0 Å². The molecule has 0 saturated carbocycles. The van der Waals surface area contributed by atoms with Gasteiger partial charge in [-0.1, -0.05) is 30.3 Å². The minimum Gasteiger partial charge on any atom is -0.374 e. The van der Waals surface area contributed by atoms with Crippen LogP contribution in [0.15, 0.2) is 48.5 Å². The van der Waals surface area contributed by atoms with Crippen LogP contribution in [0, 0.1) is 6.92 Å². The van der Waals surface area contributed by atoms with Gasteiger partial charge in [0.15, 0.2) is 0 Å². The Hall–Kier alpha value is -2.29. The van der Waals surface area contributed by atoms with Crippen molar-refractivity contribution in [2.75, 3.05) is 10.6 Å². The van der Waals surface area contributed by atoms with E-state index in [2.05, 4.69) is 22.8 Å². The zero-order chi connectivity index (χ0) is 13.9. The molecule has 102 valence electrons. The van der Waals surface area contributed by atoms with Crippen LogP contribution in [0.25, 0.3) is 0 Å². The molecule has 2 N–H and O–H groups in total. The van der Waals surface area contributed by atoms with Crippen molar-refractivity contribution < 1.29 is 4.79 Å². The number of nitrogens with one attached hydrogen (secondary N) is 2. The molecule has 0 spiro atoms. The first-order valence-electron chi connectivity index (χ1n) is 6.94. The van der Waals surface area contributed by atoms with Gasteiger partial charge in [-0.05, 0) is 49.1 Å². The number of carbonyl (C=O) groups is 1. The van der Waals surface area contributed by atoms with Crippen molar-refractivity contribution in [2.24, 2.45) is 0 Å². The summed E-state index contributed by atoms with van der Waals surface area (Å²) in [6.45, 7) is 2.05. The van der Waals surface area contributed by atoms with Gasteiger partial charge in [-0.3, -0.25) is 4.79 Å². The third kappa shape index (κ3) is 2.67. The number of hydrogen-bond acceptors (Lipinski definition) is 2. The highest BCUT2D eigenvalue weighted by atomic mass is 16.2. The number of amides is 1. The van der Waals surface area contributed by atoms with Crippen molar-refractivity contribution in [2.45, 2.75) is 25.8 Å². The molecule has 2 aromatic rings. The SMILES string of the molecule is Cc1cccc(NC2CCc3ccccc3NC2=O)c1. The summed E-state index contributed by atoms with van der Waals surface area (Å²) in [6, 6.07) is 15.9. The summed E-state index contributed by atoms with van der Waals surface area (Å²) >= 11 is 0. The molecule has 0 fully saturated rings. The van der Waals surface area contributed by atoms with Gasteiger partial charge in [-0.15, -0.1) is 0 Å². The van der Waals surface area contributed by atoms with Crippen molar-refractivity contribution in [3.63, 3.8) is 0 Å². The molecule has 1 heterocycles. The molecule has 0 aromatic heterocycles. The molecule has 1 atom stereocenters. The van der Waals surface area contributed by atoms with Crippen LogP contribution in [0.2, 0.25) is 0 Å². The third-order valence-corrected chi connectivity index (χ3v) is 3.65. The third-order valence-electron chi connectivity index (χ3n) is 3.65. The minimum atomic E-state index is -0.191. The highest BCUT2D eigenvalue weighted by Gasteiger charge is 2.23. The van der Waals surface area contributed by atoms with Gasteiger partial charge in [-0.2, -0.15) is 0 Å². The maximum Gasteiger partial charge on any atom is 0.246 e. The molecule has 1 aliphatic heterocycles. The summed E-state index contributed by atoms with van der Waals surface area (Å²) in [6.07, 6.45) is 1.70. The molecule has 1 amide bonds. The summed E-state index contributed by atoms with van der Waals surface area (Å²) in [4.78, 5) is 12.3. The molecule has 1 unspecified atom stereocenters. The van der Waals surface area contributed by atoms with Crippen molar-refractivity contribution in [3.05, 3.63) is 59.7 Å². The van der Waals surface area contributed by atoms with Crippen LogP contribution < -0.4 is 10.6 Å². The number of fused-ring (bicyclic) bond motifs is 1. The number of para-hydroxylation sites is 1. The molecule has 2 aromatic carbocycles. The number of aryl methyl sites for hydroxylation is 2. The van der Waals surface area contributed by atoms with Gasteiger partial charge >= 0.3 is 0 Å². The van der Waals surface area contributed by atoms with E-state index in [1.54, 1.807) is 0 Å². The summed E-state index contributed by atoms with van der Waals surface area (Å²) in [5.74, 6) is 0.0384. The van der Waals surface area contributed by atoms with E-state index in [4.69, 9.17) is 0 Å². The molecule has 1 aliphatic rings. The molecule has 0 radical (unpaired) electrons. The number of benzene rings is 2. The van der Waals surface area contributed by atoms with Crippen LogP contribution in [-0.2, 0) is 11.2 Å². The minimum absolute atomic E-state index is 0.0384. The number of anilines is 2. The molecule has 3 nitrogen and oxygen atoms in total. The Morgan fingerprint density at radius 1 is 1.15 bits per heavy atom. The quantitative estimate of drug-likeness (QED) is 0.875. The molecule has 3 heteroatoms. The average molecular weight is 266 g/mol. The van der Waals surface area contributed by atoms with E-state index in [1.807, 2.05) is 43.3 Å². The molecule has 0 saturated heterocycles.